The Morgan fingerprint density at radius 2 is 1.76 bits per heavy atom. The van der Waals surface area contributed by atoms with Gasteiger partial charge in [-0.15, -0.1) is 0 Å². The lowest BCUT2D eigenvalue weighted by Crippen LogP contribution is -2.32. The van der Waals surface area contributed by atoms with Gasteiger partial charge < -0.3 is 4.90 Å². The lowest BCUT2D eigenvalue weighted by atomic mass is 10.1. The van der Waals surface area contributed by atoms with Gasteiger partial charge in [-0.05, 0) is 42.7 Å². The van der Waals surface area contributed by atoms with Crippen LogP contribution in [-0.2, 0) is 27.5 Å². The van der Waals surface area contributed by atoms with Crippen molar-refractivity contribution >= 4 is 15.9 Å². The highest BCUT2D eigenvalue weighted by atomic mass is 32.2. The molecule has 9 heteroatoms. The first-order valence-corrected chi connectivity index (χ1v) is 10.4. The molecule has 0 unspecified atom stereocenters. The molecule has 2 aromatic carbocycles. The minimum Gasteiger partial charge on any atom is -0.341 e. The normalized spacial score (nSPS) is 12.1. The summed E-state index contributed by atoms with van der Waals surface area (Å²) >= 11 is 0. The second-order valence-electron chi connectivity index (χ2n) is 6.82. The third-order valence-electron chi connectivity index (χ3n) is 4.42. The molecular formula is C20H23F3N2O3S. The van der Waals surface area contributed by atoms with Crippen molar-refractivity contribution in [2.24, 2.45) is 0 Å². The minimum atomic E-state index is -4.51. The molecule has 0 bridgehead atoms. The van der Waals surface area contributed by atoms with Crippen molar-refractivity contribution in [3.63, 3.8) is 0 Å². The second kappa shape index (κ2) is 8.96. The molecule has 0 radical (unpaired) electrons. The van der Waals surface area contributed by atoms with Gasteiger partial charge in [0.1, 0.15) is 0 Å². The van der Waals surface area contributed by atoms with Crippen LogP contribution in [0.15, 0.2) is 47.4 Å². The molecule has 0 aliphatic rings. The number of nitrogens with one attached hydrogen (secondary N) is 1. The van der Waals surface area contributed by atoms with Crippen molar-refractivity contribution in [2.75, 3.05) is 13.6 Å². The SMILES string of the molecule is Cc1ccc(C)c(S(=O)(=O)NCCC(=O)N(C)Cc2ccccc2C(F)(F)F)c1. The van der Waals surface area contributed by atoms with Crippen LogP contribution >= 0.6 is 0 Å². The number of hydrogen-bond acceptors (Lipinski definition) is 3. The Balaban J connectivity index is 1.99. The first-order valence-electron chi connectivity index (χ1n) is 8.88. The third-order valence-corrected chi connectivity index (χ3v) is 6.02. The number of hydrogen-bond donors (Lipinski definition) is 1. The predicted molar refractivity (Wildman–Crippen MR) is 104 cm³/mol. The van der Waals surface area contributed by atoms with Crippen LogP contribution in [0.4, 0.5) is 13.2 Å². The maximum atomic E-state index is 13.1. The molecule has 2 aromatic rings. The van der Waals surface area contributed by atoms with E-state index in [1.54, 1.807) is 32.0 Å². The first kappa shape index (κ1) is 22.9. The summed E-state index contributed by atoms with van der Waals surface area (Å²) in [6, 6.07) is 10.1. The summed E-state index contributed by atoms with van der Waals surface area (Å²) in [7, 11) is -2.41. The molecule has 158 valence electrons. The number of halogens is 3. The summed E-state index contributed by atoms with van der Waals surface area (Å²) in [5.74, 6) is -0.467. The smallest absolute Gasteiger partial charge is 0.341 e. The average molecular weight is 428 g/mol. The number of benzene rings is 2. The summed E-state index contributed by atoms with van der Waals surface area (Å²) < 4.78 is 66.5. The van der Waals surface area contributed by atoms with E-state index in [2.05, 4.69) is 4.72 Å². The zero-order valence-electron chi connectivity index (χ0n) is 16.4. The lowest BCUT2D eigenvalue weighted by Gasteiger charge is -2.20. The molecule has 0 heterocycles. The van der Waals surface area contributed by atoms with Gasteiger partial charge >= 0.3 is 6.18 Å². The van der Waals surface area contributed by atoms with Gasteiger partial charge in [0, 0.05) is 26.6 Å². The predicted octanol–water partition coefficient (Wildman–Crippen LogP) is 3.65. The Morgan fingerprint density at radius 3 is 2.41 bits per heavy atom. The molecular weight excluding hydrogens is 405 g/mol. The highest BCUT2D eigenvalue weighted by molar-refractivity contribution is 7.89. The highest BCUT2D eigenvalue weighted by Crippen LogP contribution is 2.32. The van der Waals surface area contributed by atoms with E-state index >= 15 is 0 Å². The van der Waals surface area contributed by atoms with E-state index in [-0.39, 0.29) is 30.0 Å². The number of aryl methyl sites for hydroxylation is 2. The number of rotatable bonds is 7. The largest absolute Gasteiger partial charge is 0.416 e. The monoisotopic (exact) mass is 428 g/mol. The molecule has 2 rings (SSSR count). The highest BCUT2D eigenvalue weighted by Gasteiger charge is 2.33. The summed E-state index contributed by atoms with van der Waals surface area (Å²) in [5.41, 5.74) is 0.549. The van der Waals surface area contributed by atoms with E-state index < -0.39 is 27.7 Å². The van der Waals surface area contributed by atoms with Crippen LogP contribution in [0.25, 0.3) is 0 Å². The fourth-order valence-electron chi connectivity index (χ4n) is 2.84. The van der Waals surface area contributed by atoms with Gasteiger partial charge in [0.25, 0.3) is 0 Å². The van der Waals surface area contributed by atoms with Crippen molar-refractivity contribution in [3.8, 4) is 0 Å². The van der Waals surface area contributed by atoms with Crippen LogP contribution in [0.5, 0.6) is 0 Å². The van der Waals surface area contributed by atoms with Gasteiger partial charge in [0.2, 0.25) is 15.9 Å². The van der Waals surface area contributed by atoms with E-state index in [9.17, 15) is 26.4 Å². The number of nitrogens with zero attached hydrogens (tertiary/aromatic N) is 1. The van der Waals surface area contributed by atoms with Crippen molar-refractivity contribution in [1.29, 1.82) is 0 Å². The zero-order chi connectivity index (χ0) is 21.8. The third kappa shape index (κ3) is 6.04. The van der Waals surface area contributed by atoms with Gasteiger partial charge in [0.05, 0.1) is 10.5 Å². The van der Waals surface area contributed by atoms with Gasteiger partial charge in [0.15, 0.2) is 0 Å². The number of amides is 1. The van der Waals surface area contributed by atoms with Crippen LogP contribution in [-0.4, -0.2) is 32.8 Å². The lowest BCUT2D eigenvalue weighted by molar-refractivity contribution is -0.139. The van der Waals surface area contributed by atoms with Gasteiger partial charge in [-0.2, -0.15) is 13.2 Å². The fraction of sp³-hybridized carbons (Fsp3) is 0.350. The Morgan fingerprint density at radius 1 is 1.10 bits per heavy atom. The standard InChI is InChI=1S/C20H23F3N2O3S/c1-14-8-9-15(2)18(12-14)29(27,28)24-11-10-19(26)25(3)13-16-6-4-5-7-17(16)20(21,22)23/h4-9,12,24H,10-11,13H2,1-3H3. The van der Waals surface area contributed by atoms with E-state index in [0.29, 0.717) is 5.56 Å². The maximum Gasteiger partial charge on any atom is 0.416 e. The molecule has 1 N–H and O–H groups in total. The molecule has 0 aliphatic carbocycles. The molecule has 0 saturated carbocycles. The van der Waals surface area contributed by atoms with Gasteiger partial charge in [-0.3, -0.25) is 4.79 Å². The van der Waals surface area contributed by atoms with Crippen LogP contribution < -0.4 is 4.72 Å². The molecule has 0 aliphatic heterocycles. The summed E-state index contributed by atoms with van der Waals surface area (Å²) in [4.78, 5) is 13.5. The van der Waals surface area contributed by atoms with Crippen molar-refractivity contribution < 1.29 is 26.4 Å². The quantitative estimate of drug-likeness (QED) is 0.732. The van der Waals surface area contributed by atoms with Gasteiger partial charge in [-0.1, -0.05) is 30.3 Å². The Labute approximate surface area is 168 Å². The van der Waals surface area contributed by atoms with Crippen LogP contribution in [0.3, 0.4) is 0 Å². The molecule has 5 nitrogen and oxygen atoms in total. The first-order chi connectivity index (χ1) is 13.4. The average Bonchev–Trinajstić information content (AvgIpc) is 2.63. The topological polar surface area (TPSA) is 66.5 Å². The van der Waals surface area contributed by atoms with E-state index in [0.717, 1.165) is 16.5 Å². The molecule has 0 saturated heterocycles. The number of alkyl halides is 3. The van der Waals surface area contributed by atoms with E-state index in [4.69, 9.17) is 0 Å². The summed E-state index contributed by atoms with van der Waals surface area (Å²) in [6.07, 6.45) is -4.68. The van der Waals surface area contributed by atoms with Crippen LogP contribution in [0.2, 0.25) is 0 Å². The Kier molecular flexibility index (Phi) is 7.07. The maximum absolute atomic E-state index is 13.1. The summed E-state index contributed by atoms with van der Waals surface area (Å²) in [6.45, 7) is 3.07. The number of sulfonamides is 1. The molecule has 0 fully saturated rings. The number of carbonyl (C=O) groups is 1. The van der Waals surface area contributed by atoms with Crippen molar-refractivity contribution in [3.05, 3.63) is 64.7 Å². The zero-order valence-corrected chi connectivity index (χ0v) is 17.2. The second-order valence-corrected chi connectivity index (χ2v) is 8.56. The van der Waals surface area contributed by atoms with Crippen LogP contribution in [0.1, 0.15) is 28.7 Å². The minimum absolute atomic E-state index is 0.0215. The molecule has 0 spiro atoms. The molecule has 29 heavy (non-hydrogen) atoms. The fourth-order valence-corrected chi connectivity index (χ4v) is 4.20. The van der Waals surface area contributed by atoms with Crippen molar-refractivity contribution in [2.45, 2.75) is 37.9 Å². The molecule has 1 amide bonds. The Hall–Kier alpha value is -2.39. The van der Waals surface area contributed by atoms with Gasteiger partial charge in [-0.25, -0.2) is 13.1 Å². The van der Waals surface area contributed by atoms with Crippen molar-refractivity contribution in [1.82, 2.24) is 9.62 Å². The Bertz CT molecular complexity index is 989. The number of carbonyl (C=O) groups excluding carboxylic acids is 1. The van der Waals surface area contributed by atoms with E-state index in [1.807, 2.05) is 0 Å². The van der Waals surface area contributed by atoms with E-state index in [1.165, 1.54) is 25.2 Å². The molecule has 0 atom stereocenters. The molecule has 0 aromatic heterocycles. The summed E-state index contributed by atoms with van der Waals surface area (Å²) in [5, 5.41) is 0. The van der Waals surface area contributed by atoms with Crippen LogP contribution in [0, 0.1) is 13.8 Å².